The third-order valence-electron chi connectivity index (χ3n) is 5.73. The van der Waals surface area contributed by atoms with E-state index in [0.717, 1.165) is 38.2 Å². The number of hydrogen-bond donors (Lipinski definition) is 0. The summed E-state index contributed by atoms with van der Waals surface area (Å²) in [5.41, 5.74) is 4.03. The van der Waals surface area contributed by atoms with Crippen LogP contribution >= 0.6 is 0 Å². The van der Waals surface area contributed by atoms with E-state index in [2.05, 4.69) is 50.5 Å². The molecule has 2 nitrogen and oxygen atoms in total. The van der Waals surface area contributed by atoms with Crippen molar-refractivity contribution in [2.45, 2.75) is 53.9 Å². The molecule has 0 spiro atoms. The van der Waals surface area contributed by atoms with Gasteiger partial charge >= 0.3 is 0 Å². The summed E-state index contributed by atoms with van der Waals surface area (Å²) in [6.07, 6.45) is 5.79. The minimum atomic E-state index is -0.129. The van der Waals surface area contributed by atoms with Crippen LogP contribution in [-0.4, -0.2) is 37.6 Å². The summed E-state index contributed by atoms with van der Waals surface area (Å²) < 4.78 is 14.2. The van der Waals surface area contributed by atoms with E-state index in [0.29, 0.717) is 0 Å². The molecular formula is C23H35FN2. The average molecular weight is 359 g/mol. The minimum Gasteiger partial charge on any atom is -0.368 e. The Hall–Kier alpha value is -1.35. The topological polar surface area (TPSA) is 6.48 Å². The smallest absolute Gasteiger partial charge is 0.123 e. The van der Waals surface area contributed by atoms with Gasteiger partial charge in [0.1, 0.15) is 5.82 Å². The Kier molecular flexibility index (Phi) is 5.48. The maximum atomic E-state index is 14.2. The number of allylic oxidation sites excluding steroid dienone is 2. The first-order valence-electron chi connectivity index (χ1n) is 10.2. The van der Waals surface area contributed by atoms with Crippen LogP contribution < -0.4 is 4.90 Å². The molecule has 0 N–H and O–H groups in total. The molecule has 144 valence electrons. The second-order valence-corrected chi connectivity index (χ2v) is 9.67. The van der Waals surface area contributed by atoms with Gasteiger partial charge in [0.25, 0.3) is 0 Å². The number of piperazine rings is 1. The van der Waals surface area contributed by atoms with Crippen molar-refractivity contribution in [3.63, 3.8) is 0 Å². The van der Waals surface area contributed by atoms with Crippen molar-refractivity contribution in [3.8, 4) is 0 Å². The van der Waals surface area contributed by atoms with E-state index in [-0.39, 0.29) is 16.6 Å². The second kappa shape index (κ2) is 7.34. The molecule has 0 saturated carbocycles. The Morgan fingerprint density at radius 2 is 1.73 bits per heavy atom. The van der Waals surface area contributed by atoms with Gasteiger partial charge in [-0.2, -0.15) is 0 Å². The van der Waals surface area contributed by atoms with Crippen LogP contribution in [0.25, 0.3) is 5.57 Å². The molecule has 1 saturated heterocycles. The van der Waals surface area contributed by atoms with E-state index < -0.39 is 0 Å². The first kappa shape index (κ1) is 19.4. The van der Waals surface area contributed by atoms with Crippen LogP contribution in [0.2, 0.25) is 0 Å². The van der Waals surface area contributed by atoms with Gasteiger partial charge in [-0.05, 0) is 60.4 Å². The predicted molar refractivity (Wildman–Crippen MR) is 110 cm³/mol. The maximum Gasteiger partial charge on any atom is 0.123 e. The fraction of sp³-hybridized carbons (Fsp3) is 0.652. The van der Waals surface area contributed by atoms with Crippen LogP contribution in [0.4, 0.5) is 10.1 Å². The molecule has 1 aromatic rings. The molecule has 0 amide bonds. The zero-order valence-corrected chi connectivity index (χ0v) is 17.2. The Bertz CT molecular complexity index is 667. The number of rotatable bonds is 4. The molecule has 2 aliphatic rings. The van der Waals surface area contributed by atoms with Crippen LogP contribution in [0.5, 0.6) is 0 Å². The number of nitrogens with zero attached hydrogens (tertiary/aromatic N) is 2. The first-order chi connectivity index (χ1) is 12.2. The summed E-state index contributed by atoms with van der Waals surface area (Å²) in [5, 5.41) is 0. The quantitative estimate of drug-likeness (QED) is 0.692. The Morgan fingerprint density at radius 1 is 1.04 bits per heavy atom. The lowest BCUT2D eigenvalue weighted by molar-refractivity contribution is 0.228. The SMILES string of the molecule is CCCN1CCN(c2ccc(F)cc2C2=CC(C)(C)CC(C)(C)C2)CC1. The van der Waals surface area contributed by atoms with Gasteiger partial charge in [0.2, 0.25) is 0 Å². The van der Waals surface area contributed by atoms with Gasteiger partial charge in [0.15, 0.2) is 0 Å². The van der Waals surface area contributed by atoms with Crippen LogP contribution in [0, 0.1) is 16.6 Å². The van der Waals surface area contributed by atoms with Gasteiger partial charge in [0, 0.05) is 37.4 Å². The van der Waals surface area contributed by atoms with Crippen molar-refractivity contribution in [1.29, 1.82) is 0 Å². The predicted octanol–water partition coefficient (Wildman–Crippen LogP) is 5.59. The molecule has 0 bridgehead atoms. The number of anilines is 1. The van der Waals surface area contributed by atoms with Gasteiger partial charge < -0.3 is 4.90 Å². The Labute approximate surface area is 159 Å². The second-order valence-electron chi connectivity index (χ2n) is 9.67. The summed E-state index contributed by atoms with van der Waals surface area (Å²) in [4.78, 5) is 4.99. The number of hydrogen-bond acceptors (Lipinski definition) is 2. The van der Waals surface area contributed by atoms with Gasteiger partial charge in [-0.25, -0.2) is 4.39 Å². The van der Waals surface area contributed by atoms with Crippen molar-refractivity contribution in [2.75, 3.05) is 37.6 Å². The van der Waals surface area contributed by atoms with Crippen molar-refractivity contribution in [3.05, 3.63) is 35.7 Å². The van der Waals surface area contributed by atoms with Gasteiger partial charge in [0.05, 0.1) is 0 Å². The number of benzene rings is 1. The molecule has 0 aromatic heterocycles. The van der Waals surface area contributed by atoms with Crippen LogP contribution in [0.3, 0.4) is 0 Å². The lowest BCUT2D eigenvalue weighted by Gasteiger charge is -2.41. The van der Waals surface area contributed by atoms with Crippen molar-refractivity contribution < 1.29 is 4.39 Å². The molecule has 1 aromatic carbocycles. The maximum absolute atomic E-state index is 14.2. The highest BCUT2D eigenvalue weighted by molar-refractivity contribution is 5.78. The molecule has 1 aliphatic carbocycles. The van der Waals surface area contributed by atoms with Gasteiger partial charge in [-0.1, -0.05) is 40.7 Å². The molecular weight excluding hydrogens is 323 g/mol. The molecule has 0 unspecified atom stereocenters. The molecule has 1 heterocycles. The molecule has 0 atom stereocenters. The van der Waals surface area contributed by atoms with Crippen LogP contribution in [-0.2, 0) is 0 Å². The van der Waals surface area contributed by atoms with Crippen LogP contribution in [0.1, 0.15) is 59.4 Å². The lowest BCUT2D eigenvalue weighted by Crippen LogP contribution is -2.46. The third-order valence-corrected chi connectivity index (χ3v) is 5.73. The Balaban J connectivity index is 1.91. The summed E-state index contributed by atoms with van der Waals surface area (Å²) in [7, 11) is 0. The van der Waals surface area contributed by atoms with Crippen LogP contribution in [0.15, 0.2) is 24.3 Å². The zero-order chi connectivity index (χ0) is 18.9. The largest absolute Gasteiger partial charge is 0.368 e. The fourth-order valence-electron chi connectivity index (χ4n) is 5.13. The van der Waals surface area contributed by atoms with Gasteiger partial charge in [-0.15, -0.1) is 0 Å². The molecule has 0 radical (unpaired) electrons. The normalized spacial score (nSPS) is 23.0. The van der Waals surface area contributed by atoms with E-state index >= 15 is 0 Å². The first-order valence-corrected chi connectivity index (χ1v) is 10.2. The van der Waals surface area contributed by atoms with Crippen molar-refractivity contribution in [1.82, 2.24) is 4.90 Å². The van der Waals surface area contributed by atoms with Gasteiger partial charge in [-0.3, -0.25) is 4.90 Å². The summed E-state index contributed by atoms with van der Waals surface area (Å²) >= 11 is 0. The van der Waals surface area contributed by atoms with E-state index in [4.69, 9.17) is 0 Å². The molecule has 3 heteroatoms. The molecule has 26 heavy (non-hydrogen) atoms. The fourth-order valence-corrected chi connectivity index (χ4v) is 5.13. The molecule has 3 rings (SSSR count). The van der Waals surface area contributed by atoms with Crippen molar-refractivity contribution in [2.24, 2.45) is 10.8 Å². The zero-order valence-electron chi connectivity index (χ0n) is 17.2. The van der Waals surface area contributed by atoms with E-state index in [1.807, 2.05) is 6.07 Å². The van der Waals surface area contributed by atoms with E-state index in [1.165, 1.54) is 30.6 Å². The van der Waals surface area contributed by atoms with E-state index in [1.54, 1.807) is 12.1 Å². The monoisotopic (exact) mass is 358 g/mol. The number of halogens is 1. The highest BCUT2D eigenvalue weighted by Crippen LogP contribution is 2.48. The molecule has 1 fully saturated rings. The average Bonchev–Trinajstić information content (AvgIpc) is 2.53. The lowest BCUT2D eigenvalue weighted by atomic mass is 9.65. The van der Waals surface area contributed by atoms with Crippen molar-refractivity contribution >= 4 is 11.3 Å². The standard InChI is InChI=1S/C23H35FN2/c1-6-9-25-10-12-26(13-11-25)21-8-7-19(24)14-20(21)18-15-22(2,3)17-23(4,5)16-18/h7-8,14-15H,6,9-13,16-17H2,1-5H3. The van der Waals surface area contributed by atoms with E-state index in [9.17, 15) is 4.39 Å². The molecule has 1 aliphatic heterocycles. The third kappa shape index (κ3) is 4.49. The Morgan fingerprint density at radius 3 is 2.35 bits per heavy atom. The minimum absolute atomic E-state index is 0.129. The highest BCUT2D eigenvalue weighted by atomic mass is 19.1. The summed E-state index contributed by atoms with van der Waals surface area (Å²) in [6.45, 7) is 16.9. The summed E-state index contributed by atoms with van der Waals surface area (Å²) in [6, 6.07) is 5.38. The summed E-state index contributed by atoms with van der Waals surface area (Å²) in [5.74, 6) is -0.129. The highest BCUT2D eigenvalue weighted by Gasteiger charge is 2.34.